The second-order valence-electron chi connectivity index (χ2n) is 8.48. The average molecular weight is 373 g/mol. The van der Waals surface area contributed by atoms with Crippen LogP contribution in [0.5, 0.6) is 0 Å². The van der Waals surface area contributed by atoms with Crippen LogP contribution in [0, 0.1) is 23.7 Å². The maximum Gasteiger partial charge on any atom is 0.183 e. The standard InChI is InChI=1S/C23H36N2S/c1-6-9-19(16(5)15(3)4)22-14-25-23(26-22)24-13-17(7-2)20-11-8-10-18-12-21(18)20/h9,14,17-18,20-21H,6-8,10-13H2,1-5H3,(H,24,25)/b19-9-. The van der Waals surface area contributed by atoms with E-state index in [0.29, 0.717) is 0 Å². The maximum absolute atomic E-state index is 4.69. The minimum absolute atomic E-state index is 0.808. The molecule has 0 saturated heterocycles. The first-order chi connectivity index (χ1) is 12.5. The quantitative estimate of drug-likeness (QED) is 0.489. The minimum atomic E-state index is 0.808. The zero-order valence-corrected chi connectivity index (χ0v) is 18.1. The van der Waals surface area contributed by atoms with Crippen LogP contribution in [-0.4, -0.2) is 11.5 Å². The van der Waals surface area contributed by atoms with Crippen molar-refractivity contribution in [3.8, 4) is 0 Å². The maximum atomic E-state index is 4.69. The van der Waals surface area contributed by atoms with E-state index in [9.17, 15) is 0 Å². The van der Waals surface area contributed by atoms with Gasteiger partial charge in [-0.2, -0.15) is 0 Å². The molecule has 3 heteroatoms. The molecule has 1 N–H and O–H groups in total. The van der Waals surface area contributed by atoms with E-state index in [1.54, 1.807) is 0 Å². The highest BCUT2D eigenvalue weighted by atomic mass is 32.1. The summed E-state index contributed by atoms with van der Waals surface area (Å²) in [5.41, 5.74) is 4.13. The number of hydrogen-bond acceptors (Lipinski definition) is 3. The van der Waals surface area contributed by atoms with Crippen LogP contribution >= 0.6 is 11.3 Å². The van der Waals surface area contributed by atoms with Crippen LogP contribution in [0.1, 0.15) is 78.0 Å². The molecule has 2 aliphatic rings. The van der Waals surface area contributed by atoms with Gasteiger partial charge in [0.15, 0.2) is 5.13 Å². The number of thiazole rings is 1. The highest BCUT2D eigenvalue weighted by Crippen LogP contribution is 2.55. The summed E-state index contributed by atoms with van der Waals surface area (Å²) in [5.74, 6) is 3.88. The van der Waals surface area contributed by atoms with E-state index in [0.717, 1.165) is 41.8 Å². The van der Waals surface area contributed by atoms with Crippen molar-refractivity contribution in [1.29, 1.82) is 0 Å². The molecule has 0 aromatic carbocycles. The molecule has 2 nitrogen and oxygen atoms in total. The van der Waals surface area contributed by atoms with Crippen LogP contribution in [0.15, 0.2) is 23.4 Å². The monoisotopic (exact) mass is 372 g/mol. The van der Waals surface area contributed by atoms with Gasteiger partial charge in [0, 0.05) is 12.7 Å². The summed E-state index contributed by atoms with van der Waals surface area (Å²) in [6.07, 6.45) is 12.7. The molecular formula is C23H36N2S. The van der Waals surface area contributed by atoms with Crippen molar-refractivity contribution < 1.29 is 0 Å². The van der Waals surface area contributed by atoms with Gasteiger partial charge in [0.05, 0.1) is 4.88 Å². The molecule has 2 aliphatic carbocycles. The van der Waals surface area contributed by atoms with Crippen molar-refractivity contribution in [3.05, 3.63) is 28.3 Å². The Morgan fingerprint density at radius 1 is 1.31 bits per heavy atom. The molecular weight excluding hydrogens is 336 g/mol. The molecule has 2 fully saturated rings. The lowest BCUT2D eigenvalue weighted by molar-refractivity contribution is 0.233. The zero-order valence-electron chi connectivity index (χ0n) is 17.3. The Morgan fingerprint density at radius 2 is 2.12 bits per heavy atom. The fourth-order valence-corrected chi connectivity index (χ4v) is 5.67. The van der Waals surface area contributed by atoms with Gasteiger partial charge in [0.1, 0.15) is 0 Å². The summed E-state index contributed by atoms with van der Waals surface area (Å²) in [4.78, 5) is 5.98. The van der Waals surface area contributed by atoms with Gasteiger partial charge in [-0.3, -0.25) is 0 Å². The van der Waals surface area contributed by atoms with Gasteiger partial charge in [-0.05, 0) is 74.9 Å². The highest BCUT2D eigenvalue weighted by molar-refractivity contribution is 7.16. The van der Waals surface area contributed by atoms with Crippen molar-refractivity contribution in [1.82, 2.24) is 4.98 Å². The summed E-state index contributed by atoms with van der Waals surface area (Å²) < 4.78 is 0. The molecule has 26 heavy (non-hydrogen) atoms. The summed E-state index contributed by atoms with van der Waals surface area (Å²) in [5, 5.41) is 4.77. The number of nitrogens with zero attached hydrogens (tertiary/aromatic N) is 1. The Bertz CT molecular complexity index is 666. The van der Waals surface area contributed by atoms with Gasteiger partial charge in [0.2, 0.25) is 0 Å². The lowest BCUT2D eigenvalue weighted by Gasteiger charge is -2.29. The summed E-state index contributed by atoms with van der Waals surface area (Å²) >= 11 is 1.81. The van der Waals surface area contributed by atoms with E-state index in [-0.39, 0.29) is 0 Å². The van der Waals surface area contributed by atoms with E-state index in [4.69, 9.17) is 0 Å². The normalized spacial score (nSPS) is 26.2. The van der Waals surface area contributed by atoms with Gasteiger partial charge < -0.3 is 5.32 Å². The van der Waals surface area contributed by atoms with Crippen LogP contribution in [-0.2, 0) is 0 Å². The first kappa shape index (κ1) is 19.7. The van der Waals surface area contributed by atoms with Gasteiger partial charge in [0.25, 0.3) is 0 Å². The molecule has 0 spiro atoms. The SMILES string of the molecule is CC/C=C(/C(C)=C(C)C)c1cnc(NCC(CC)C2CCCC3CC32)s1. The van der Waals surface area contributed by atoms with Crippen molar-refractivity contribution in [2.75, 3.05) is 11.9 Å². The largest absolute Gasteiger partial charge is 0.361 e. The molecule has 0 radical (unpaired) electrons. The number of rotatable bonds is 8. The highest BCUT2D eigenvalue weighted by Gasteiger charge is 2.47. The fraction of sp³-hybridized carbons (Fsp3) is 0.696. The average Bonchev–Trinajstić information content (AvgIpc) is 3.29. The Labute approximate surface area is 164 Å². The van der Waals surface area contributed by atoms with Crippen molar-refractivity contribution in [2.24, 2.45) is 23.7 Å². The molecule has 1 heterocycles. The van der Waals surface area contributed by atoms with Gasteiger partial charge in [-0.1, -0.05) is 56.1 Å². The number of aromatic nitrogens is 1. The van der Waals surface area contributed by atoms with E-state index < -0.39 is 0 Å². The molecule has 3 rings (SSSR count). The van der Waals surface area contributed by atoms with Crippen molar-refractivity contribution >= 4 is 22.0 Å². The van der Waals surface area contributed by atoms with Crippen LogP contribution in [0.25, 0.3) is 5.57 Å². The number of hydrogen-bond donors (Lipinski definition) is 1. The fourth-order valence-electron chi connectivity index (χ4n) is 4.75. The van der Waals surface area contributed by atoms with Crippen molar-refractivity contribution in [3.63, 3.8) is 0 Å². The van der Waals surface area contributed by atoms with Crippen LogP contribution < -0.4 is 5.32 Å². The molecule has 0 aliphatic heterocycles. The third-order valence-electron chi connectivity index (χ3n) is 6.62. The minimum Gasteiger partial charge on any atom is -0.361 e. The smallest absolute Gasteiger partial charge is 0.183 e. The zero-order chi connectivity index (χ0) is 18.7. The molecule has 4 atom stereocenters. The Balaban J connectivity index is 1.64. The Morgan fingerprint density at radius 3 is 2.81 bits per heavy atom. The second kappa shape index (κ2) is 8.73. The molecule has 4 unspecified atom stereocenters. The predicted molar refractivity (Wildman–Crippen MR) is 116 cm³/mol. The van der Waals surface area contributed by atoms with Gasteiger partial charge in [-0.15, -0.1) is 0 Å². The molecule has 1 aromatic heterocycles. The van der Waals surface area contributed by atoms with E-state index in [1.807, 2.05) is 11.3 Å². The second-order valence-corrected chi connectivity index (χ2v) is 9.51. The predicted octanol–water partition coefficient (Wildman–Crippen LogP) is 7.17. The van der Waals surface area contributed by atoms with Crippen LogP contribution in [0.2, 0.25) is 0 Å². The third-order valence-corrected chi connectivity index (χ3v) is 7.61. The van der Waals surface area contributed by atoms with Crippen LogP contribution in [0.4, 0.5) is 5.13 Å². The van der Waals surface area contributed by atoms with E-state index in [1.165, 1.54) is 53.7 Å². The first-order valence-corrected chi connectivity index (χ1v) is 11.4. The lowest BCUT2D eigenvalue weighted by atomic mass is 9.78. The summed E-state index contributed by atoms with van der Waals surface area (Å²) in [6.45, 7) is 12.3. The molecule has 0 amide bonds. The topological polar surface area (TPSA) is 24.9 Å². The molecule has 144 valence electrons. The lowest BCUT2D eigenvalue weighted by Crippen LogP contribution is -2.26. The van der Waals surface area contributed by atoms with E-state index >= 15 is 0 Å². The van der Waals surface area contributed by atoms with Gasteiger partial charge in [-0.25, -0.2) is 4.98 Å². The number of fused-ring (bicyclic) bond motifs is 1. The Kier molecular flexibility index (Phi) is 6.60. The number of allylic oxidation sites excluding steroid dienone is 4. The summed E-state index contributed by atoms with van der Waals surface area (Å²) in [6, 6.07) is 0. The molecule has 0 bridgehead atoms. The molecule has 1 aromatic rings. The number of anilines is 1. The van der Waals surface area contributed by atoms with Crippen molar-refractivity contribution in [2.45, 2.75) is 73.1 Å². The first-order valence-electron chi connectivity index (χ1n) is 10.6. The number of nitrogens with one attached hydrogen (secondary N) is 1. The summed E-state index contributed by atoms with van der Waals surface area (Å²) in [7, 11) is 0. The third kappa shape index (κ3) is 4.42. The van der Waals surface area contributed by atoms with Gasteiger partial charge >= 0.3 is 0 Å². The van der Waals surface area contributed by atoms with E-state index in [2.05, 4.69) is 57.2 Å². The molecule has 2 saturated carbocycles. The Hall–Kier alpha value is -1.09. The van der Waals surface area contributed by atoms with Crippen LogP contribution in [0.3, 0.4) is 0 Å².